The number of rotatable bonds is 4. The van der Waals surface area contributed by atoms with Crippen LogP contribution in [-0.4, -0.2) is 36.0 Å². The SMILES string of the molecule is NCCCNC(=O)C1CSC(=O)N1. The van der Waals surface area contributed by atoms with Gasteiger partial charge in [0.15, 0.2) is 0 Å². The first kappa shape index (κ1) is 10.3. The first-order valence-electron chi connectivity index (χ1n) is 4.15. The third-order valence-electron chi connectivity index (χ3n) is 1.67. The fourth-order valence-electron chi connectivity index (χ4n) is 0.963. The number of thioether (sulfide) groups is 1. The Kier molecular flexibility index (Phi) is 4.04. The van der Waals surface area contributed by atoms with Gasteiger partial charge in [0.05, 0.1) is 0 Å². The van der Waals surface area contributed by atoms with E-state index < -0.39 is 0 Å². The Labute approximate surface area is 80.8 Å². The van der Waals surface area contributed by atoms with Crippen molar-refractivity contribution in [1.29, 1.82) is 0 Å². The summed E-state index contributed by atoms with van der Waals surface area (Å²) in [7, 11) is 0. The molecule has 0 aromatic carbocycles. The number of hydrogen-bond donors (Lipinski definition) is 3. The highest BCUT2D eigenvalue weighted by Crippen LogP contribution is 2.12. The standard InChI is InChI=1S/C7H13N3O2S/c8-2-1-3-9-6(11)5-4-13-7(12)10-5/h5H,1-4,8H2,(H,9,11)(H,10,12). The largest absolute Gasteiger partial charge is 0.354 e. The summed E-state index contributed by atoms with van der Waals surface area (Å²) < 4.78 is 0. The summed E-state index contributed by atoms with van der Waals surface area (Å²) in [5.74, 6) is 0.402. The zero-order valence-electron chi connectivity index (χ0n) is 7.21. The van der Waals surface area contributed by atoms with Crippen molar-refractivity contribution in [3.8, 4) is 0 Å². The number of amides is 2. The van der Waals surface area contributed by atoms with Crippen LogP contribution in [0.25, 0.3) is 0 Å². The lowest BCUT2D eigenvalue weighted by atomic mass is 10.3. The van der Waals surface area contributed by atoms with Crippen LogP contribution in [0, 0.1) is 0 Å². The minimum atomic E-state index is -0.365. The molecule has 1 aliphatic heterocycles. The lowest BCUT2D eigenvalue weighted by Crippen LogP contribution is -2.43. The van der Waals surface area contributed by atoms with E-state index in [9.17, 15) is 9.59 Å². The van der Waals surface area contributed by atoms with Gasteiger partial charge in [0.2, 0.25) is 5.91 Å². The molecular formula is C7H13N3O2S. The van der Waals surface area contributed by atoms with E-state index in [1.807, 2.05) is 0 Å². The molecule has 1 rings (SSSR count). The number of nitrogens with one attached hydrogen (secondary N) is 2. The Morgan fingerprint density at radius 1 is 1.77 bits per heavy atom. The topological polar surface area (TPSA) is 84.2 Å². The van der Waals surface area contributed by atoms with Gasteiger partial charge in [0.25, 0.3) is 5.24 Å². The van der Waals surface area contributed by atoms with Crippen LogP contribution in [0.15, 0.2) is 0 Å². The van der Waals surface area contributed by atoms with E-state index in [-0.39, 0.29) is 17.2 Å². The van der Waals surface area contributed by atoms with E-state index in [4.69, 9.17) is 5.73 Å². The Bertz CT molecular complexity index is 210. The van der Waals surface area contributed by atoms with Gasteiger partial charge >= 0.3 is 0 Å². The van der Waals surface area contributed by atoms with E-state index in [1.165, 1.54) is 0 Å². The maximum Gasteiger partial charge on any atom is 0.279 e. The van der Waals surface area contributed by atoms with Crippen molar-refractivity contribution in [2.75, 3.05) is 18.8 Å². The van der Waals surface area contributed by atoms with Crippen molar-refractivity contribution < 1.29 is 9.59 Å². The lowest BCUT2D eigenvalue weighted by Gasteiger charge is -2.09. The fraction of sp³-hybridized carbons (Fsp3) is 0.714. The highest BCUT2D eigenvalue weighted by molar-refractivity contribution is 8.14. The minimum absolute atomic E-state index is 0.119. The van der Waals surface area contributed by atoms with Gasteiger partial charge < -0.3 is 16.4 Å². The second-order valence-electron chi connectivity index (χ2n) is 2.73. The molecule has 13 heavy (non-hydrogen) atoms. The van der Waals surface area contributed by atoms with Gasteiger partial charge in [0, 0.05) is 12.3 Å². The zero-order chi connectivity index (χ0) is 9.68. The van der Waals surface area contributed by atoms with E-state index in [2.05, 4.69) is 10.6 Å². The maximum atomic E-state index is 11.3. The summed E-state index contributed by atoms with van der Waals surface area (Å²) in [6, 6.07) is -0.365. The quantitative estimate of drug-likeness (QED) is 0.526. The molecule has 0 aliphatic carbocycles. The molecular weight excluding hydrogens is 190 g/mol. The van der Waals surface area contributed by atoms with Gasteiger partial charge in [-0.25, -0.2) is 0 Å². The molecule has 0 aromatic heterocycles. The number of carbonyl (C=O) groups excluding carboxylic acids is 2. The molecule has 5 nitrogen and oxygen atoms in total. The van der Waals surface area contributed by atoms with Gasteiger partial charge in [0.1, 0.15) is 6.04 Å². The normalized spacial score (nSPS) is 21.3. The predicted molar refractivity (Wildman–Crippen MR) is 51.5 cm³/mol. The second kappa shape index (κ2) is 5.08. The van der Waals surface area contributed by atoms with Crippen molar-refractivity contribution in [1.82, 2.24) is 10.6 Å². The summed E-state index contributed by atoms with van der Waals surface area (Å²) in [6.45, 7) is 1.14. The van der Waals surface area contributed by atoms with Crippen molar-refractivity contribution in [3.05, 3.63) is 0 Å². The molecule has 4 N–H and O–H groups in total. The van der Waals surface area contributed by atoms with Crippen LogP contribution in [-0.2, 0) is 4.79 Å². The summed E-state index contributed by atoms with van der Waals surface area (Å²) in [5.41, 5.74) is 5.27. The molecule has 0 spiro atoms. The summed E-state index contributed by atoms with van der Waals surface area (Å²) in [5, 5.41) is 5.13. The molecule has 1 fully saturated rings. The van der Waals surface area contributed by atoms with Crippen LogP contribution < -0.4 is 16.4 Å². The summed E-state index contributed by atoms with van der Waals surface area (Å²) in [6.07, 6.45) is 0.763. The molecule has 0 bridgehead atoms. The first-order valence-corrected chi connectivity index (χ1v) is 5.13. The highest BCUT2D eigenvalue weighted by Gasteiger charge is 2.27. The van der Waals surface area contributed by atoms with Gasteiger partial charge in [-0.15, -0.1) is 0 Å². The molecule has 6 heteroatoms. The Morgan fingerprint density at radius 3 is 3.08 bits per heavy atom. The van der Waals surface area contributed by atoms with Crippen LogP contribution >= 0.6 is 11.8 Å². The molecule has 0 aromatic rings. The third-order valence-corrected chi connectivity index (χ3v) is 2.55. The second-order valence-corrected chi connectivity index (χ2v) is 3.72. The molecule has 1 aliphatic rings. The molecule has 0 radical (unpaired) electrons. The van der Waals surface area contributed by atoms with Crippen molar-refractivity contribution in [3.63, 3.8) is 0 Å². The molecule has 1 heterocycles. The molecule has 1 saturated heterocycles. The van der Waals surface area contributed by atoms with E-state index in [0.717, 1.165) is 18.2 Å². The zero-order valence-corrected chi connectivity index (χ0v) is 8.02. The van der Waals surface area contributed by atoms with E-state index in [0.29, 0.717) is 18.8 Å². The Hall–Kier alpha value is -0.750. The smallest absolute Gasteiger partial charge is 0.279 e. The molecule has 1 atom stereocenters. The van der Waals surface area contributed by atoms with Gasteiger partial charge in [-0.05, 0) is 13.0 Å². The minimum Gasteiger partial charge on any atom is -0.354 e. The average Bonchev–Trinajstić information content (AvgIpc) is 2.52. The summed E-state index contributed by atoms with van der Waals surface area (Å²) >= 11 is 1.14. The van der Waals surface area contributed by atoms with Gasteiger partial charge in [-0.2, -0.15) is 0 Å². The lowest BCUT2D eigenvalue weighted by molar-refractivity contribution is -0.122. The van der Waals surface area contributed by atoms with Crippen LogP contribution in [0.1, 0.15) is 6.42 Å². The number of carbonyl (C=O) groups is 2. The maximum absolute atomic E-state index is 11.3. The van der Waals surface area contributed by atoms with Crippen LogP contribution in [0.5, 0.6) is 0 Å². The van der Waals surface area contributed by atoms with E-state index in [1.54, 1.807) is 0 Å². The highest BCUT2D eigenvalue weighted by atomic mass is 32.2. The number of nitrogens with two attached hydrogens (primary N) is 1. The first-order chi connectivity index (χ1) is 6.24. The predicted octanol–water partition coefficient (Wildman–Crippen LogP) is -0.724. The van der Waals surface area contributed by atoms with Crippen molar-refractivity contribution in [2.24, 2.45) is 5.73 Å². The van der Waals surface area contributed by atoms with E-state index >= 15 is 0 Å². The van der Waals surface area contributed by atoms with Crippen LogP contribution in [0.4, 0.5) is 4.79 Å². The van der Waals surface area contributed by atoms with Gasteiger partial charge in [-0.3, -0.25) is 9.59 Å². The average molecular weight is 203 g/mol. The summed E-state index contributed by atoms with van der Waals surface area (Å²) in [4.78, 5) is 22.0. The fourth-order valence-corrected chi connectivity index (χ4v) is 1.74. The molecule has 2 amide bonds. The van der Waals surface area contributed by atoms with Crippen molar-refractivity contribution >= 4 is 22.9 Å². The van der Waals surface area contributed by atoms with Gasteiger partial charge in [-0.1, -0.05) is 11.8 Å². The monoisotopic (exact) mass is 203 g/mol. The Morgan fingerprint density at radius 2 is 2.54 bits per heavy atom. The Balaban J connectivity index is 2.20. The molecule has 0 saturated carbocycles. The van der Waals surface area contributed by atoms with Crippen LogP contribution in [0.3, 0.4) is 0 Å². The van der Waals surface area contributed by atoms with Crippen LogP contribution in [0.2, 0.25) is 0 Å². The third kappa shape index (κ3) is 3.23. The van der Waals surface area contributed by atoms with Crippen molar-refractivity contribution in [2.45, 2.75) is 12.5 Å². The number of hydrogen-bond acceptors (Lipinski definition) is 4. The molecule has 74 valence electrons. The molecule has 1 unspecified atom stereocenters.